The van der Waals surface area contributed by atoms with Gasteiger partial charge in [0, 0.05) is 0 Å². The summed E-state index contributed by atoms with van der Waals surface area (Å²) >= 11 is 1.56. The number of furan rings is 2. The first-order valence-corrected chi connectivity index (χ1v) is 11.2. The number of piperidine rings is 1. The molecule has 4 aromatic rings. The highest BCUT2D eigenvalue weighted by molar-refractivity contribution is 7.21. The maximum absolute atomic E-state index is 12.8. The van der Waals surface area contributed by atoms with E-state index in [-0.39, 0.29) is 11.9 Å². The van der Waals surface area contributed by atoms with Gasteiger partial charge in [0.05, 0.1) is 36.1 Å². The minimum absolute atomic E-state index is 0.114. The third-order valence-corrected chi connectivity index (χ3v) is 6.73. The van der Waals surface area contributed by atoms with Gasteiger partial charge in [-0.2, -0.15) is 0 Å². The average Bonchev–Trinajstić information content (AvgIpc) is 3.54. The molecule has 0 saturated carbocycles. The molecule has 1 aromatic carbocycles. The van der Waals surface area contributed by atoms with Crippen LogP contribution in [0, 0.1) is 0 Å². The summed E-state index contributed by atoms with van der Waals surface area (Å²) in [6.07, 6.45) is 5.40. The van der Waals surface area contributed by atoms with Gasteiger partial charge in [-0.05, 0) is 55.7 Å². The zero-order valence-corrected chi connectivity index (χ0v) is 17.4. The van der Waals surface area contributed by atoms with Crippen molar-refractivity contribution in [3.63, 3.8) is 0 Å². The molecule has 1 atom stereocenters. The number of aromatic nitrogens is 1. The molecule has 0 bridgehead atoms. The van der Waals surface area contributed by atoms with E-state index in [0.29, 0.717) is 18.1 Å². The minimum atomic E-state index is -0.213. The minimum Gasteiger partial charge on any atom is -0.463 e. The lowest BCUT2D eigenvalue weighted by Gasteiger charge is -2.30. The Morgan fingerprint density at radius 3 is 2.77 bits per heavy atom. The van der Waals surface area contributed by atoms with Crippen molar-refractivity contribution in [3.8, 4) is 10.8 Å². The van der Waals surface area contributed by atoms with Gasteiger partial charge in [-0.3, -0.25) is 4.79 Å². The van der Waals surface area contributed by atoms with E-state index in [1.165, 1.54) is 24.2 Å². The van der Waals surface area contributed by atoms with Crippen molar-refractivity contribution in [2.75, 3.05) is 19.6 Å². The molecule has 0 unspecified atom stereocenters. The molecule has 6 nitrogen and oxygen atoms in total. The van der Waals surface area contributed by atoms with E-state index in [9.17, 15) is 4.79 Å². The molecule has 5 rings (SSSR count). The van der Waals surface area contributed by atoms with Gasteiger partial charge in [0.2, 0.25) is 0 Å². The molecule has 1 aliphatic heterocycles. The summed E-state index contributed by atoms with van der Waals surface area (Å²) in [6.45, 7) is 2.71. The van der Waals surface area contributed by atoms with Gasteiger partial charge in [0.1, 0.15) is 0 Å². The van der Waals surface area contributed by atoms with Crippen LogP contribution < -0.4 is 10.2 Å². The van der Waals surface area contributed by atoms with E-state index in [2.05, 4.69) is 10.3 Å². The molecule has 0 aliphatic carbocycles. The molecule has 7 heteroatoms. The van der Waals surface area contributed by atoms with Gasteiger partial charge in [-0.25, -0.2) is 4.98 Å². The van der Waals surface area contributed by atoms with E-state index in [4.69, 9.17) is 8.83 Å². The van der Waals surface area contributed by atoms with Gasteiger partial charge in [-0.1, -0.05) is 12.1 Å². The number of para-hydroxylation sites is 1. The van der Waals surface area contributed by atoms with Gasteiger partial charge in [-0.15, -0.1) is 11.3 Å². The maximum atomic E-state index is 12.8. The van der Waals surface area contributed by atoms with Crippen LogP contribution in [0.15, 0.2) is 63.6 Å². The fourth-order valence-electron chi connectivity index (χ4n) is 4.12. The average molecular weight is 423 g/mol. The molecule has 4 heterocycles. The summed E-state index contributed by atoms with van der Waals surface area (Å²) in [5.41, 5.74) is 0.936. The Bertz CT molecular complexity index is 1090. The Kier molecular flexibility index (Phi) is 5.38. The SMILES string of the molecule is O=C(NC[C@H](c1ccco1)[NH+]1CCCCC1)c1ccc(-c2nc3ccccc3s2)o1. The maximum Gasteiger partial charge on any atom is 0.287 e. The van der Waals surface area contributed by atoms with Crippen molar-refractivity contribution in [3.05, 3.63) is 66.3 Å². The number of benzene rings is 1. The number of rotatable bonds is 6. The number of amides is 1. The fourth-order valence-corrected chi connectivity index (χ4v) is 5.05. The smallest absolute Gasteiger partial charge is 0.287 e. The molecule has 0 radical (unpaired) electrons. The van der Waals surface area contributed by atoms with E-state index in [1.54, 1.807) is 23.7 Å². The summed E-state index contributed by atoms with van der Waals surface area (Å²) in [5, 5.41) is 3.82. The number of fused-ring (bicyclic) bond motifs is 1. The lowest BCUT2D eigenvalue weighted by atomic mass is 10.1. The zero-order valence-electron chi connectivity index (χ0n) is 16.6. The molecule has 3 aromatic heterocycles. The molecule has 1 fully saturated rings. The zero-order chi connectivity index (χ0) is 20.3. The third-order valence-electron chi connectivity index (χ3n) is 5.68. The Hall–Kier alpha value is -2.90. The van der Waals surface area contributed by atoms with Crippen LogP contribution in [0.2, 0.25) is 0 Å². The molecule has 1 amide bonds. The lowest BCUT2D eigenvalue weighted by Crippen LogP contribution is -3.13. The van der Waals surface area contributed by atoms with Crippen LogP contribution in [-0.2, 0) is 0 Å². The van der Waals surface area contributed by atoms with Crippen LogP contribution in [0.1, 0.15) is 41.6 Å². The first-order chi connectivity index (χ1) is 14.8. The summed E-state index contributed by atoms with van der Waals surface area (Å²) in [7, 11) is 0. The van der Waals surface area contributed by atoms with Crippen LogP contribution >= 0.6 is 11.3 Å². The third kappa shape index (κ3) is 3.91. The van der Waals surface area contributed by atoms with Gasteiger partial charge >= 0.3 is 0 Å². The van der Waals surface area contributed by atoms with Crippen molar-refractivity contribution in [1.82, 2.24) is 10.3 Å². The number of hydrogen-bond acceptors (Lipinski definition) is 5. The fraction of sp³-hybridized carbons (Fsp3) is 0.304. The number of nitrogens with zero attached hydrogens (tertiary/aromatic N) is 1. The number of hydrogen-bond donors (Lipinski definition) is 2. The second-order valence-corrected chi connectivity index (χ2v) is 8.68. The molecular weight excluding hydrogens is 398 g/mol. The molecular formula is C23H24N3O3S+. The molecule has 0 spiro atoms. The van der Waals surface area contributed by atoms with Crippen LogP contribution in [0.5, 0.6) is 0 Å². The first kappa shape index (κ1) is 19.1. The second kappa shape index (κ2) is 8.45. The highest BCUT2D eigenvalue weighted by atomic mass is 32.1. The Morgan fingerprint density at radius 1 is 1.10 bits per heavy atom. The topological polar surface area (TPSA) is 72.7 Å². The molecule has 1 aliphatic rings. The van der Waals surface area contributed by atoms with Crippen LogP contribution in [0.4, 0.5) is 0 Å². The van der Waals surface area contributed by atoms with Crippen LogP contribution in [0.25, 0.3) is 21.0 Å². The summed E-state index contributed by atoms with van der Waals surface area (Å²) < 4.78 is 12.6. The molecule has 2 N–H and O–H groups in total. The quantitative estimate of drug-likeness (QED) is 0.497. The number of nitrogens with one attached hydrogen (secondary N) is 2. The van der Waals surface area contributed by atoms with Crippen LogP contribution in [0.3, 0.4) is 0 Å². The largest absolute Gasteiger partial charge is 0.463 e. The van der Waals surface area contributed by atoms with Gasteiger partial charge in [0.15, 0.2) is 28.3 Å². The van der Waals surface area contributed by atoms with Gasteiger partial charge < -0.3 is 19.1 Å². The van der Waals surface area contributed by atoms with Crippen molar-refractivity contribution >= 4 is 27.5 Å². The van der Waals surface area contributed by atoms with E-state index in [0.717, 1.165) is 34.1 Å². The van der Waals surface area contributed by atoms with Crippen LogP contribution in [-0.4, -0.2) is 30.5 Å². The lowest BCUT2D eigenvalue weighted by molar-refractivity contribution is -0.936. The normalized spacial score (nSPS) is 16.0. The number of carbonyl (C=O) groups excluding carboxylic acids is 1. The Labute approximate surface area is 178 Å². The van der Waals surface area contributed by atoms with E-state index >= 15 is 0 Å². The number of thiazole rings is 1. The standard InChI is InChI=1S/C23H23N3O3S/c27-22(24-15-17(18-8-6-14-28-18)26-12-4-1-5-13-26)19-10-11-20(29-19)23-25-16-7-2-3-9-21(16)30-23/h2-3,6-11,14,17H,1,4-5,12-13,15H2,(H,24,27)/p+1/t17-/m1/s1. The monoisotopic (exact) mass is 422 g/mol. The highest BCUT2D eigenvalue weighted by Crippen LogP contribution is 2.31. The molecule has 1 saturated heterocycles. The number of carbonyl (C=O) groups is 1. The second-order valence-electron chi connectivity index (χ2n) is 7.65. The first-order valence-electron chi connectivity index (χ1n) is 10.4. The predicted molar refractivity (Wildman–Crippen MR) is 116 cm³/mol. The van der Waals surface area contributed by atoms with Crippen molar-refractivity contribution in [2.45, 2.75) is 25.3 Å². The van der Waals surface area contributed by atoms with E-state index < -0.39 is 0 Å². The highest BCUT2D eigenvalue weighted by Gasteiger charge is 2.29. The molecule has 30 heavy (non-hydrogen) atoms. The number of likely N-dealkylation sites (tertiary alicyclic amines) is 1. The Morgan fingerprint density at radius 2 is 1.97 bits per heavy atom. The number of quaternary nitrogens is 1. The van der Waals surface area contributed by atoms with Crippen molar-refractivity contribution in [2.24, 2.45) is 0 Å². The van der Waals surface area contributed by atoms with Crippen molar-refractivity contribution in [1.29, 1.82) is 0 Å². The predicted octanol–water partition coefficient (Wildman–Crippen LogP) is 3.69. The Balaban J connectivity index is 1.29. The van der Waals surface area contributed by atoms with Crippen molar-refractivity contribution < 1.29 is 18.5 Å². The molecule has 154 valence electrons. The van der Waals surface area contributed by atoms with E-state index in [1.807, 2.05) is 42.5 Å². The summed E-state index contributed by atoms with van der Waals surface area (Å²) in [6, 6.07) is 15.5. The van der Waals surface area contributed by atoms with Gasteiger partial charge in [0.25, 0.3) is 5.91 Å². The summed E-state index contributed by atoms with van der Waals surface area (Å²) in [4.78, 5) is 18.8. The summed E-state index contributed by atoms with van der Waals surface area (Å²) in [5.74, 6) is 1.62.